The predicted molar refractivity (Wildman–Crippen MR) is 65.0 cm³/mol. The van der Waals surface area contributed by atoms with Crippen LogP contribution in [0.4, 0.5) is 0 Å². The highest BCUT2D eigenvalue weighted by atomic mass is 14.8. The molecule has 1 rings (SSSR count). The second-order valence-electron chi connectivity index (χ2n) is 3.33. The van der Waals surface area contributed by atoms with Gasteiger partial charge < -0.3 is 5.32 Å². The molecule has 14 heavy (non-hydrogen) atoms. The van der Waals surface area contributed by atoms with Crippen LogP contribution < -0.4 is 5.32 Å². The second kappa shape index (κ2) is 12.0. The summed E-state index contributed by atoms with van der Waals surface area (Å²) in [5.41, 5.74) is 0. The summed E-state index contributed by atoms with van der Waals surface area (Å²) in [5, 5.41) is 2.92. The number of nitrogens with one attached hydrogen (secondary N) is 1. The van der Waals surface area contributed by atoms with Crippen LogP contribution in [-0.4, -0.2) is 0 Å². The van der Waals surface area contributed by atoms with Crippen molar-refractivity contribution in [3.63, 3.8) is 0 Å². The van der Waals surface area contributed by atoms with Crippen molar-refractivity contribution in [3.8, 4) is 0 Å². The van der Waals surface area contributed by atoms with Gasteiger partial charge in [-0.1, -0.05) is 58.1 Å². The highest BCUT2D eigenvalue weighted by Gasteiger charge is 1.80. The minimum atomic E-state index is 1.36. The van der Waals surface area contributed by atoms with Crippen molar-refractivity contribution in [2.24, 2.45) is 0 Å². The van der Waals surface area contributed by atoms with Gasteiger partial charge in [-0.3, -0.25) is 0 Å². The molecule has 1 aliphatic rings. The maximum atomic E-state index is 2.92. The summed E-state index contributed by atoms with van der Waals surface area (Å²) in [6, 6.07) is 0. The number of allylic oxidation sites excluding steroid dienone is 4. The first kappa shape index (κ1) is 13.0. The largest absolute Gasteiger partial charge is 0.368 e. The first-order valence-corrected chi connectivity index (χ1v) is 5.66. The molecule has 0 spiro atoms. The molecule has 0 aromatic heterocycles. The van der Waals surface area contributed by atoms with E-state index in [9.17, 15) is 0 Å². The molecule has 1 heteroatoms. The molecule has 0 saturated heterocycles. The van der Waals surface area contributed by atoms with Crippen LogP contribution in [0.5, 0.6) is 0 Å². The Hall–Kier alpha value is -0.980. The first-order chi connectivity index (χ1) is 6.91. The van der Waals surface area contributed by atoms with E-state index in [-0.39, 0.29) is 0 Å². The first-order valence-electron chi connectivity index (χ1n) is 5.66. The minimum Gasteiger partial charge on any atom is -0.368 e. The van der Waals surface area contributed by atoms with Crippen molar-refractivity contribution >= 4 is 0 Å². The number of unbranched alkanes of at least 4 members (excludes halogenated alkanes) is 4. The molecule has 0 atom stereocenters. The Morgan fingerprint density at radius 2 is 1.21 bits per heavy atom. The molecule has 0 bridgehead atoms. The van der Waals surface area contributed by atoms with Gasteiger partial charge in [-0.05, 0) is 12.2 Å². The summed E-state index contributed by atoms with van der Waals surface area (Å²) in [7, 11) is 0. The van der Waals surface area contributed by atoms with Crippen LogP contribution in [0.2, 0.25) is 0 Å². The normalized spacial score (nSPS) is 12.7. The third-order valence-corrected chi connectivity index (χ3v) is 1.93. The zero-order chi connectivity index (χ0) is 10.5. The van der Waals surface area contributed by atoms with Crippen LogP contribution in [-0.2, 0) is 0 Å². The van der Waals surface area contributed by atoms with Gasteiger partial charge in [0.15, 0.2) is 0 Å². The third kappa shape index (κ3) is 11.0. The molecule has 1 N–H and O–H groups in total. The predicted octanol–water partition coefficient (Wildman–Crippen LogP) is 4.15. The van der Waals surface area contributed by atoms with Crippen LogP contribution in [0.3, 0.4) is 0 Å². The summed E-state index contributed by atoms with van der Waals surface area (Å²) >= 11 is 0. The molecule has 0 aromatic rings. The SMILES string of the molecule is C1=CC=CNC=C1.CCCCCCC. The lowest BCUT2D eigenvalue weighted by Gasteiger charge is -1.90. The van der Waals surface area contributed by atoms with Gasteiger partial charge in [0.05, 0.1) is 0 Å². The number of hydrogen-bond acceptors (Lipinski definition) is 1. The Kier molecular flexibility index (Phi) is 11.2. The van der Waals surface area contributed by atoms with E-state index in [0.29, 0.717) is 0 Å². The summed E-state index contributed by atoms with van der Waals surface area (Å²) in [5.74, 6) is 0. The molecule has 1 heterocycles. The molecule has 0 amide bonds. The topological polar surface area (TPSA) is 12.0 Å². The lowest BCUT2D eigenvalue weighted by atomic mass is 10.2. The molecule has 80 valence electrons. The average Bonchev–Trinajstić information content (AvgIpc) is 2.51. The molecule has 0 radical (unpaired) electrons. The summed E-state index contributed by atoms with van der Waals surface area (Å²) in [6.07, 6.45) is 18.6. The molecular weight excluding hydrogens is 170 g/mol. The van der Waals surface area contributed by atoms with Crippen molar-refractivity contribution in [3.05, 3.63) is 36.7 Å². The van der Waals surface area contributed by atoms with Crippen LogP contribution in [0.1, 0.15) is 46.0 Å². The Bertz CT molecular complexity index is 160. The van der Waals surface area contributed by atoms with E-state index in [1.807, 2.05) is 36.7 Å². The minimum absolute atomic E-state index is 1.36. The molecule has 0 aliphatic carbocycles. The third-order valence-electron chi connectivity index (χ3n) is 1.93. The molecular formula is C13H23N. The quantitative estimate of drug-likeness (QED) is 0.661. The molecule has 0 aromatic carbocycles. The van der Waals surface area contributed by atoms with Gasteiger partial charge in [-0.2, -0.15) is 0 Å². The Balaban J connectivity index is 0.000000241. The van der Waals surface area contributed by atoms with Gasteiger partial charge in [-0.25, -0.2) is 0 Å². The van der Waals surface area contributed by atoms with Gasteiger partial charge in [0, 0.05) is 12.4 Å². The van der Waals surface area contributed by atoms with Gasteiger partial charge >= 0.3 is 0 Å². The van der Waals surface area contributed by atoms with E-state index in [4.69, 9.17) is 0 Å². The molecule has 0 saturated carbocycles. The van der Waals surface area contributed by atoms with Gasteiger partial charge in [-0.15, -0.1) is 0 Å². The maximum Gasteiger partial charge on any atom is 0.000442 e. The van der Waals surface area contributed by atoms with Crippen LogP contribution in [0.15, 0.2) is 36.7 Å². The van der Waals surface area contributed by atoms with Crippen molar-refractivity contribution < 1.29 is 0 Å². The van der Waals surface area contributed by atoms with E-state index in [0.717, 1.165) is 0 Å². The summed E-state index contributed by atoms with van der Waals surface area (Å²) in [4.78, 5) is 0. The fourth-order valence-corrected chi connectivity index (χ4v) is 1.08. The summed E-state index contributed by atoms with van der Waals surface area (Å²) in [6.45, 7) is 4.49. The van der Waals surface area contributed by atoms with Crippen molar-refractivity contribution in [2.75, 3.05) is 0 Å². The summed E-state index contributed by atoms with van der Waals surface area (Å²) < 4.78 is 0. The molecule has 0 unspecified atom stereocenters. The van der Waals surface area contributed by atoms with E-state index < -0.39 is 0 Å². The lowest BCUT2D eigenvalue weighted by Crippen LogP contribution is -1.87. The molecule has 1 aliphatic heterocycles. The average molecular weight is 193 g/mol. The number of hydrogen-bond donors (Lipinski definition) is 1. The fourth-order valence-electron chi connectivity index (χ4n) is 1.08. The molecule has 0 fully saturated rings. The van der Waals surface area contributed by atoms with E-state index >= 15 is 0 Å². The highest BCUT2D eigenvalue weighted by molar-refractivity contribution is 5.14. The maximum absolute atomic E-state index is 2.92. The highest BCUT2D eigenvalue weighted by Crippen LogP contribution is 2.00. The van der Waals surface area contributed by atoms with E-state index in [1.165, 1.54) is 32.1 Å². The van der Waals surface area contributed by atoms with Gasteiger partial charge in [0.1, 0.15) is 0 Å². The van der Waals surface area contributed by atoms with Crippen LogP contribution in [0.25, 0.3) is 0 Å². The monoisotopic (exact) mass is 193 g/mol. The zero-order valence-electron chi connectivity index (χ0n) is 9.50. The van der Waals surface area contributed by atoms with Crippen molar-refractivity contribution in [1.29, 1.82) is 0 Å². The standard InChI is InChI=1S/C7H16.C6H7N/c1-3-5-7-6-4-2;1-2-4-6-7-5-3-1/h3-7H2,1-2H3;1-7H. The van der Waals surface area contributed by atoms with Gasteiger partial charge in [0.2, 0.25) is 0 Å². The second-order valence-corrected chi connectivity index (χ2v) is 3.33. The number of rotatable bonds is 4. The fraction of sp³-hybridized carbons (Fsp3) is 0.538. The van der Waals surface area contributed by atoms with Crippen LogP contribution in [0, 0.1) is 0 Å². The van der Waals surface area contributed by atoms with Gasteiger partial charge in [0.25, 0.3) is 0 Å². The zero-order valence-corrected chi connectivity index (χ0v) is 9.50. The van der Waals surface area contributed by atoms with E-state index in [2.05, 4.69) is 19.2 Å². The van der Waals surface area contributed by atoms with E-state index in [1.54, 1.807) is 0 Å². The Morgan fingerprint density at radius 3 is 1.64 bits per heavy atom. The van der Waals surface area contributed by atoms with Crippen molar-refractivity contribution in [1.82, 2.24) is 5.32 Å². The smallest absolute Gasteiger partial charge is 0.000442 e. The lowest BCUT2D eigenvalue weighted by molar-refractivity contribution is 0.656. The Morgan fingerprint density at radius 1 is 0.714 bits per heavy atom. The molecule has 1 nitrogen and oxygen atoms in total. The van der Waals surface area contributed by atoms with Crippen molar-refractivity contribution in [2.45, 2.75) is 46.0 Å². The Labute approximate surface area is 88.6 Å². The van der Waals surface area contributed by atoms with Crippen LogP contribution >= 0.6 is 0 Å².